The van der Waals surface area contributed by atoms with Crippen LogP contribution in [0.5, 0.6) is 0 Å². The normalized spacial score (nSPS) is 25.7. The summed E-state index contributed by atoms with van der Waals surface area (Å²) in [5.74, 6) is 1.10. The van der Waals surface area contributed by atoms with Gasteiger partial charge in [-0.15, -0.1) is 0 Å². The first-order chi connectivity index (χ1) is 12.6. The zero-order valence-corrected chi connectivity index (χ0v) is 15.4. The van der Waals surface area contributed by atoms with E-state index >= 15 is 0 Å². The Morgan fingerprint density at radius 3 is 2.77 bits per heavy atom. The van der Waals surface area contributed by atoms with Crippen LogP contribution in [0.2, 0.25) is 0 Å². The number of nitrogens with one attached hydrogen (secondary N) is 1. The molecule has 0 spiro atoms. The van der Waals surface area contributed by atoms with Gasteiger partial charge in [-0.3, -0.25) is 4.98 Å². The van der Waals surface area contributed by atoms with Crippen molar-refractivity contribution in [2.45, 2.75) is 51.3 Å². The van der Waals surface area contributed by atoms with Crippen LogP contribution in [0.15, 0.2) is 36.8 Å². The number of nitrogens with zero attached hydrogens (tertiary/aromatic N) is 3. The molecule has 140 valence electrons. The largest absolute Gasteiger partial charge is 0.396 e. The van der Waals surface area contributed by atoms with E-state index in [1.54, 1.807) is 12.4 Å². The van der Waals surface area contributed by atoms with Gasteiger partial charge in [0.15, 0.2) is 0 Å². The van der Waals surface area contributed by atoms with Gasteiger partial charge in [-0.05, 0) is 36.5 Å². The Morgan fingerprint density at radius 1 is 1.23 bits per heavy atom. The first-order valence-corrected chi connectivity index (χ1v) is 9.31. The van der Waals surface area contributed by atoms with Gasteiger partial charge in [0.1, 0.15) is 5.82 Å². The summed E-state index contributed by atoms with van der Waals surface area (Å²) in [6.45, 7) is 4.83. The monoisotopic (exact) mass is 356 g/mol. The molecule has 1 fully saturated rings. The molecule has 4 unspecified atom stereocenters. The molecule has 0 aliphatic heterocycles. The van der Waals surface area contributed by atoms with Crippen LogP contribution in [-0.4, -0.2) is 43.9 Å². The van der Waals surface area contributed by atoms with Gasteiger partial charge in [0, 0.05) is 55.3 Å². The molecule has 6 heteroatoms. The van der Waals surface area contributed by atoms with E-state index in [1.807, 2.05) is 24.4 Å². The van der Waals surface area contributed by atoms with E-state index in [0.29, 0.717) is 13.0 Å². The first-order valence-electron chi connectivity index (χ1n) is 9.31. The van der Waals surface area contributed by atoms with Crippen LogP contribution < -0.4 is 5.32 Å². The zero-order valence-electron chi connectivity index (χ0n) is 15.4. The van der Waals surface area contributed by atoms with Gasteiger partial charge in [-0.1, -0.05) is 19.9 Å². The quantitative estimate of drug-likeness (QED) is 0.699. The van der Waals surface area contributed by atoms with Crippen LogP contribution in [0, 0.1) is 11.8 Å². The molecule has 0 radical (unpaired) electrons. The minimum atomic E-state index is -0.497. The highest BCUT2D eigenvalue weighted by Gasteiger charge is 2.42. The Morgan fingerprint density at radius 2 is 2.08 bits per heavy atom. The molecular formula is C20H28N4O2. The Hall–Kier alpha value is -1.89. The summed E-state index contributed by atoms with van der Waals surface area (Å²) >= 11 is 0. The summed E-state index contributed by atoms with van der Waals surface area (Å²) in [6.07, 6.45) is 6.26. The number of pyridine rings is 1. The molecule has 0 amide bonds. The second-order valence-corrected chi connectivity index (χ2v) is 7.43. The zero-order chi connectivity index (χ0) is 18.5. The summed E-state index contributed by atoms with van der Waals surface area (Å²) in [7, 11) is 0. The summed E-state index contributed by atoms with van der Waals surface area (Å²) in [6, 6.07) is 6.01. The fraction of sp³-hybridized carbons (Fsp3) is 0.550. The van der Waals surface area contributed by atoms with Crippen LogP contribution in [-0.2, 0) is 13.0 Å². The summed E-state index contributed by atoms with van der Waals surface area (Å²) in [5, 5.41) is 23.7. The second kappa shape index (κ2) is 8.66. The lowest BCUT2D eigenvalue weighted by Crippen LogP contribution is -2.36. The summed E-state index contributed by atoms with van der Waals surface area (Å²) in [5.41, 5.74) is 2.08. The van der Waals surface area contributed by atoms with Crippen LogP contribution in [0.25, 0.3) is 0 Å². The highest BCUT2D eigenvalue weighted by Crippen LogP contribution is 2.35. The molecule has 4 atom stereocenters. The molecule has 1 aliphatic rings. The number of rotatable bonds is 7. The Balaban J connectivity index is 1.73. The van der Waals surface area contributed by atoms with Gasteiger partial charge in [-0.25, -0.2) is 9.97 Å². The average molecular weight is 356 g/mol. The maximum atomic E-state index is 10.4. The number of hydrogen-bond acceptors (Lipinski definition) is 6. The molecule has 2 aromatic rings. The maximum absolute atomic E-state index is 10.4. The summed E-state index contributed by atoms with van der Waals surface area (Å²) in [4.78, 5) is 13.1. The van der Waals surface area contributed by atoms with Crippen molar-refractivity contribution in [3.8, 4) is 0 Å². The van der Waals surface area contributed by atoms with E-state index in [9.17, 15) is 10.2 Å². The molecule has 26 heavy (non-hydrogen) atoms. The van der Waals surface area contributed by atoms with E-state index in [0.717, 1.165) is 23.5 Å². The van der Waals surface area contributed by atoms with Gasteiger partial charge in [0.25, 0.3) is 0 Å². The van der Waals surface area contributed by atoms with Gasteiger partial charge >= 0.3 is 0 Å². The summed E-state index contributed by atoms with van der Waals surface area (Å²) < 4.78 is 0. The molecule has 2 heterocycles. The SMILES string of the molecule is CC(C)c1nccc(CC2C(NCc3cccnc3)CC(O)C2CO)n1. The molecule has 1 saturated carbocycles. The third-order valence-corrected chi connectivity index (χ3v) is 5.25. The minimum absolute atomic E-state index is 0.0149. The minimum Gasteiger partial charge on any atom is -0.396 e. The van der Waals surface area contributed by atoms with E-state index in [2.05, 4.69) is 34.1 Å². The fourth-order valence-electron chi connectivity index (χ4n) is 3.78. The van der Waals surface area contributed by atoms with Crippen molar-refractivity contribution in [1.29, 1.82) is 0 Å². The fourth-order valence-corrected chi connectivity index (χ4v) is 3.78. The van der Waals surface area contributed by atoms with Crippen LogP contribution in [0.4, 0.5) is 0 Å². The standard InChI is InChI=1S/C20H28N4O2/c1-13(2)20-22-7-5-15(24-20)8-16-17(12-25)19(26)9-18(16)23-11-14-4-3-6-21-10-14/h3-7,10,13,16-19,23,25-26H,8-9,11-12H2,1-2H3. The lowest BCUT2D eigenvalue weighted by Gasteiger charge is -2.25. The van der Waals surface area contributed by atoms with Crippen molar-refractivity contribution < 1.29 is 10.2 Å². The van der Waals surface area contributed by atoms with Crippen molar-refractivity contribution >= 4 is 0 Å². The molecule has 0 aromatic carbocycles. The van der Waals surface area contributed by atoms with Crippen LogP contribution in [0.1, 0.15) is 43.3 Å². The van der Waals surface area contributed by atoms with Crippen molar-refractivity contribution in [3.63, 3.8) is 0 Å². The predicted molar refractivity (Wildman–Crippen MR) is 99.4 cm³/mol. The number of aliphatic hydroxyl groups is 2. The van der Waals surface area contributed by atoms with Crippen LogP contribution >= 0.6 is 0 Å². The van der Waals surface area contributed by atoms with Gasteiger partial charge in [0.05, 0.1) is 6.10 Å². The van der Waals surface area contributed by atoms with Gasteiger partial charge < -0.3 is 15.5 Å². The molecule has 2 aromatic heterocycles. The Labute approximate surface area is 154 Å². The number of aliphatic hydroxyl groups excluding tert-OH is 2. The van der Waals surface area contributed by atoms with Crippen molar-refractivity contribution in [2.75, 3.05) is 6.61 Å². The molecular weight excluding hydrogens is 328 g/mol. The number of hydrogen-bond donors (Lipinski definition) is 3. The van der Waals surface area contributed by atoms with Crippen molar-refractivity contribution in [3.05, 3.63) is 53.9 Å². The first kappa shape index (κ1) is 18.9. The Kier molecular flexibility index (Phi) is 6.29. The topological polar surface area (TPSA) is 91.2 Å². The molecule has 6 nitrogen and oxygen atoms in total. The van der Waals surface area contributed by atoms with Crippen molar-refractivity contribution in [2.24, 2.45) is 11.8 Å². The molecule has 3 rings (SSSR count). The smallest absolute Gasteiger partial charge is 0.131 e. The lowest BCUT2D eigenvalue weighted by molar-refractivity contribution is 0.0716. The Bertz CT molecular complexity index is 695. The molecule has 3 N–H and O–H groups in total. The van der Waals surface area contributed by atoms with Crippen molar-refractivity contribution in [1.82, 2.24) is 20.3 Å². The van der Waals surface area contributed by atoms with E-state index in [-0.39, 0.29) is 30.4 Å². The third kappa shape index (κ3) is 4.44. The van der Waals surface area contributed by atoms with Gasteiger partial charge in [-0.2, -0.15) is 0 Å². The molecule has 0 saturated heterocycles. The molecule has 1 aliphatic carbocycles. The third-order valence-electron chi connectivity index (χ3n) is 5.25. The highest BCUT2D eigenvalue weighted by atomic mass is 16.3. The predicted octanol–water partition coefficient (Wildman–Crippen LogP) is 1.69. The van der Waals surface area contributed by atoms with E-state index in [1.165, 1.54) is 0 Å². The van der Waals surface area contributed by atoms with E-state index < -0.39 is 6.10 Å². The molecule has 0 bridgehead atoms. The van der Waals surface area contributed by atoms with E-state index in [4.69, 9.17) is 0 Å². The van der Waals surface area contributed by atoms with Gasteiger partial charge in [0.2, 0.25) is 0 Å². The van der Waals surface area contributed by atoms with Crippen LogP contribution in [0.3, 0.4) is 0 Å². The lowest BCUT2D eigenvalue weighted by atomic mass is 9.88. The maximum Gasteiger partial charge on any atom is 0.131 e. The second-order valence-electron chi connectivity index (χ2n) is 7.43. The average Bonchev–Trinajstić information content (AvgIpc) is 2.95. The highest BCUT2D eigenvalue weighted by molar-refractivity contribution is 5.11. The number of aromatic nitrogens is 3.